The van der Waals surface area contributed by atoms with E-state index in [0.29, 0.717) is 10.6 Å². The normalized spacial score (nSPS) is 11.6. The van der Waals surface area contributed by atoms with Gasteiger partial charge in [-0.25, -0.2) is 0 Å². The van der Waals surface area contributed by atoms with Crippen LogP contribution in [0, 0.1) is 6.92 Å². The fourth-order valence-electron chi connectivity index (χ4n) is 1.49. The Kier molecular flexibility index (Phi) is 3.21. The van der Waals surface area contributed by atoms with E-state index in [1.807, 2.05) is 0 Å². The number of rotatable bonds is 2. The van der Waals surface area contributed by atoms with Crippen LogP contribution in [-0.4, -0.2) is 16.6 Å². The molecule has 1 aromatic carbocycles. The number of benzene rings is 1. The number of nitrogens with zero attached hydrogens (tertiary/aromatic N) is 1. The summed E-state index contributed by atoms with van der Waals surface area (Å²) in [6.45, 7) is 1.45. The standard InChI is InChI=1S/C11H8ClF3N2O/c1-6-10(18-11(13,14)15)9(17-16-6)7-3-2-4-8(12)5-7/h2-5H,1H3,(H,16,17). The van der Waals surface area contributed by atoms with Gasteiger partial charge in [-0.05, 0) is 19.1 Å². The summed E-state index contributed by atoms with van der Waals surface area (Å²) < 4.78 is 40.8. The Hall–Kier alpha value is -1.69. The Bertz CT molecular complexity index is 566. The molecule has 0 saturated heterocycles. The molecule has 0 amide bonds. The van der Waals surface area contributed by atoms with Crippen LogP contribution in [0.3, 0.4) is 0 Å². The monoisotopic (exact) mass is 276 g/mol. The lowest BCUT2D eigenvalue weighted by Crippen LogP contribution is -2.17. The topological polar surface area (TPSA) is 37.9 Å². The van der Waals surface area contributed by atoms with Gasteiger partial charge in [0.05, 0.1) is 5.69 Å². The van der Waals surface area contributed by atoms with Gasteiger partial charge in [0.15, 0.2) is 5.75 Å². The molecule has 96 valence electrons. The van der Waals surface area contributed by atoms with Crippen molar-refractivity contribution in [2.45, 2.75) is 13.3 Å². The largest absolute Gasteiger partial charge is 0.573 e. The lowest BCUT2D eigenvalue weighted by atomic mass is 10.1. The number of aromatic amines is 1. The summed E-state index contributed by atoms with van der Waals surface area (Å²) in [7, 11) is 0. The first-order valence-electron chi connectivity index (χ1n) is 4.93. The maximum absolute atomic E-state index is 12.3. The van der Waals surface area contributed by atoms with Crippen LogP contribution < -0.4 is 4.74 Å². The van der Waals surface area contributed by atoms with Crippen molar-refractivity contribution < 1.29 is 17.9 Å². The molecule has 0 aliphatic rings. The van der Waals surface area contributed by atoms with E-state index in [1.54, 1.807) is 18.2 Å². The summed E-state index contributed by atoms with van der Waals surface area (Å²) in [5.74, 6) is -0.343. The smallest absolute Gasteiger partial charge is 0.401 e. The van der Waals surface area contributed by atoms with Gasteiger partial charge in [-0.2, -0.15) is 5.10 Å². The third kappa shape index (κ3) is 2.76. The van der Waals surface area contributed by atoms with Crippen LogP contribution in [0.15, 0.2) is 24.3 Å². The molecule has 18 heavy (non-hydrogen) atoms. The predicted octanol–water partition coefficient (Wildman–Crippen LogP) is 3.94. The van der Waals surface area contributed by atoms with Gasteiger partial charge in [0, 0.05) is 10.6 Å². The Balaban J connectivity index is 2.46. The predicted molar refractivity (Wildman–Crippen MR) is 60.5 cm³/mol. The zero-order valence-electron chi connectivity index (χ0n) is 9.18. The molecule has 1 heterocycles. The molecular weight excluding hydrogens is 269 g/mol. The number of alkyl halides is 3. The third-order valence-electron chi connectivity index (χ3n) is 2.21. The van der Waals surface area contributed by atoms with Crippen LogP contribution in [0.2, 0.25) is 5.02 Å². The number of nitrogens with one attached hydrogen (secondary N) is 1. The first-order valence-corrected chi connectivity index (χ1v) is 5.31. The van der Waals surface area contributed by atoms with Crippen LogP contribution in [0.1, 0.15) is 5.69 Å². The summed E-state index contributed by atoms with van der Waals surface area (Å²) in [4.78, 5) is 0. The van der Waals surface area contributed by atoms with Crippen LogP contribution in [0.25, 0.3) is 11.3 Å². The lowest BCUT2D eigenvalue weighted by molar-refractivity contribution is -0.274. The second kappa shape index (κ2) is 4.53. The third-order valence-corrected chi connectivity index (χ3v) is 2.44. The number of ether oxygens (including phenoxy) is 1. The number of aryl methyl sites for hydroxylation is 1. The van der Waals surface area contributed by atoms with Gasteiger partial charge in [0.2, 0.25) is 0 Å². The molecule has 0 bridgehead atoms. The second-order valence-electron chi connectivity index (χ2n) is 3.58. The molecule has 0 aliphatic heterocycles. The minimum absolute atomic E-state index is 0.0762. The van der Waals surface area contributed by atoms with Crippen LogP contribution in [0.4, 0.5) is 13.2 Å². The molecule has 2 aromatic rings. The van der Waals surface area contributed by atoms with E-state index < -0.39 is 6.36 Å². The number of hydrogen-bond donors (Lipinski definition) is 1. The van der Waals surface area contributed by atoms with E-state index in [2.05, 4.69) is 14.9 Å². The summed E-state index contributed by atoms with van der Waals surface area (Å²) in [5.41, 5.74) is 0.723. The first kappa shape index (κ1) is 12.8. The average molecular weight is 277 g/mol. The maximum Gasteiger partial charge on any atom is 0.573 e. The minimum atomic E-state index is -4.76. The highest BCUT2D eigenvalue weighted by atomic mass is 35.5. The zero-order valence-corrected chi connectivity index (χ0v) is 9.93. The van der Waals surface area contributed by atoms with Gasteiger partial charge < -0.3 is 4.74 Å². The van der Waals surface area contributed by atoms with Crippen molar-refractivity contribution >= 4 is 11.6 Å². The maximum atomic E-state index is 12.3. The molecule has 1 aromatic heterocycles. The summed E-state index contributed by atoms with van der Waals surface area (Å²) in [5, 5.41) is 6.67. The lowest BCUT2D eigenvalue weighted by Gasteiger charge is -2.09. The molecule has 0 atom stereocenters. The Morgan fingerprint density at radius 3 is 2.67 bits per heavy atom. The van der Waals surface area contributed by atoms with E-state index in [0.717, 1.165) is 0 Å². The minimum Gasteiger partial charge on any atom is -0.401 e. The molecule has 0 spiro atoms. The van der Waals surface area contributed by atoms with Crippen LogP contribution in [0.5, 0.6) is 5.75 Å². The van der Waals surface area contributed by atoms with Crippen molar-refractivity contribution in [1.29, 1.82) is 0 Å². The molecular formula is C11H8ClF3N2O. The number of halogens is 4. The second-order valence-corrected chi connectivity index (χ2v) is 4.02. The molecule has 7 heteroatoms. The Morgan fingerprint density at radius 2 is 2.06 bits per heavy atom. The number of hydrogen-bond acceptors (Lipinski definition) is 2. The van der Waals surface area contributed by atoms with Crippen molar-refractivity contribution in [1.82, 2.24) is 10.2 Å². The SMILES string of the molecule is Cc1[nH]nc(-c2cccc(Cl)c2)c1OC(F)(F)F. The summed E-state index contributed by atoms with van der Waals surface area (Å²) in [6, 6.07) is 6.36. The van der Waals surface area contributed by atoms with E-state index in [-0.39, 0.29) is 17.1 Å². The van der Waals surface area contributed by atoms with Crippen LogP contribution >= 0.6 is 11.6 Å². The van der Waals surface area contributed by atoms with E-state index in [9.17, 15) is 13.2 Å². The van der Waals surface area contributed by atoms with Gasteiger partial charge in [0.1, 0.15) is 5.69 Å². The Morgan fingerprint density at radius 1 is 1.33 bits per heavy atom. The van der Waals surface area contributed by atoms with E-state index >= 15 is 0 Å². The fourth-order valence-corrected chi connectivity index (χ4v) is 1.68. The molecule has 2 rings (SSSR count). The van der Waals surface area contributed by atoms with Gasteiger partial charge in [-0.1, -0.05) is 23.7 Å². The number of aromatic nitrogens is 2. The molecule has 0 radical (unpaired) electrons. The van der Waals surface area contributed by atoms with Crippen molar-refractivity contribution in [3.8, 4) is 17.0 Å². The van der Waals surface area contributed by atoms with Crippen molar-refractivity contribution in [2.24, 2.45) is 0 Å². The molecule has 0 fully saturated rings. The number of H-pyrrole nitrogens is 1. The highest BCUT2D eigenvalue weighted by Gasteiger charge is 2.34. The molecule has 0 saturated carbocycles. The van der Waals surface area contributed by atoms with Crippen LogP contribution in [-0.2, 0) is 0 Å². The molecule has 1 N–H and O–H groups in total. The average Bonchev–Trinajstić information content (AvgIpc) is 2.58. The Labute approximate surface area is 106 Å². The summed E-state index contributed by atoms with van der Waals surface area (Å²) >= 11 is 5.79. The molecule has 0 aliphatic carbocycles. The van der Waals surface area contributed by atoms with Gasteiger partial charge in [0.25, 0.3) is 0 Å². The summed E-state index contributed by atoms with van der Waals surface area (Å²) in [6.07, 6.45) is -4.76. The van der Waals surface area contributed by atoms with Crippen molar-refractivity contribution in [2.75, 3.05) is 0 Å². The quantitative estimate of drug-likeness (QED) is 0.902. The zero-order chi connectivity index (χ0) is 13.3. The first-order chi connectivity index (χ1) is 8.37. The van der Waals surface area contributed by atoms with Gasteiger partial charge >= 0.3 is 6.36 Å². The van der Waals surface area contributed by atoms with Crippen molar-refractivity contribution in [3.63, 3.8) is 0 Å². The highest BCUT2D eigenvalue weighted by Crippen LogP contribution is 2.35. The van der Waals surface area contributed by atoms with Crippen molar-refractivity contribution in [3.05, 3.63) is 35.0 Å². The van der Waals surface area contributed by atoms with Gasteiger partial charge in [-0.3, -0.25) is 5.10 Å². The molecule has 3 nitrogen and oxygen atoms in total. The van der Waals surface area contributed by atoms with E-state index in [1.165, 1.54) is 13.0 Å². The molecule has 0 unspecified atom stereocenters. The van der Waals surface area contributed by atoms with Gasteiger partial charge in [-0.15, -0.1) is 13.2 Å². The highest BCUT2D eigenvalue weighted by molar-refractivity contribution is 6.30. The fraction of sp³-hybridized carbons (Fsp3) is 0.182. The van der Waals surface area contributed by atoms with E-state index in [4.69, 9.17) is 11.6 Å².